The molecule has 1 aromatic rings. The minimum atomic E-state index is -3.58. The van der Waals surface area contributed by atoms with E-state index < -0.39 is 10.0 Å². The second kappa shape index (κ2) is 9.38. The average molecular weight is 397 g/mol. The molecule has 9 heteroatoms. The zero-order chi connectivity index (χ0) is 19.1. The molecule has 1 aromatic carbocycles. The first-order valence-electron chi connectivity index (χ1n) is 9.44. The van der Waals surface area contributed by atoms with Crippen molar-refractivity contribution in [3.8, 4) is 11.5 Å². The number of hydrogen-bond acceptors (Lipinski definition) is 6. The van der Waals surface area contributed by atoms with Crippen LogP contribution in [-0.4, -0.2) is 53.2 Å². The van der Waals surface area contributed by atoms with Gasteiger partial charge in [-0.25, -0.2) is 13.1 Å². The van der Waals surface area contributed by atoms with E-state index in [0.29, 0.717) is 44.1 Å². The van der Waals surface area contributed by atoms with Crippen molar-refractivity contribution in [3.05, 3.63) is 18.2 Å². The van der Waals surface area contributed by atoms with Crippen molar-refractivity contribution in [3.63, 3.8) is 0 Å². The topological polar surface area (TPSA) is 106 Å². The number of carbonyl (C=O) groups excluding carboxylic acids is 1. The average Bonchev–Trinajstić information content (AvgIpc) is 3.17. The maximum absolute atomic E-state index is 12.4. The van der Waals surface area contributed by atoms with Crippen molar-refractivity contribution >= 4 is 15.9 Å². The van der Waals surface area contributed by atoms with E-state index in [1.54, 1.807) is 6.07 Å². The molecule has 1 amide bonds. The lowest BCUT2D eigenvalue weighted by atomic mass is 10.1. The van der Waals surface area contributed by atoms with Gasteiger partial charge in [-0.2, -0.15) is 0 Å². The summed E-state index contributed by atoms with van der Waals surface area (Å²) in [5.41, 5.74) is 0. The fourth-order valence-corrected chi connectivity index (χ4v) is 4.23. The molecule has 1 unspecified atom stereocenters. The number of unbranched alkanes of at least 4 members (excludes halogenated alkanes) is 2. The molecule has 150 valence electrons. The number of benzene rings is 1. The summed E-state index contributed by atoms with van der Waals surface area (Å²) in [6.07, 6.45) is 3.68. The Kier molecular flexibility index (Phi) is 6.92. The summed E-state index contributed by atoms with van der Waals surface area (Å²) in [4.78, 5) is 12.0. The summed E-state index contributed by atoms with van der Waals surface area (Å²) in [5, 5.41) is 6.22. The van der Waals surface area contributed by atoms with Crippen LogP contribution in [0.4, 0.5) is 0 Å². The Balaban J connectivity index is 1.35. The minimum absolute atomic E-state index is 0.0700. The number of amides is 1. The summed E-state index contributed by atoms with van der Waals surface area (Å²) in [7, 11) is -3.58. The molecule has 0 spiro atoms. The van der Waals surface area contributed by atoms with Crippen LogP contribution < -0.4 is 24.8 Å². The fourth-order valence-electron chi connectivity index (χ4n) is 3.15. The van der Waals surface area contributed by atoms with Crippen LogP contribution in [0.2, 0.25) is 0 Å². The van der Waals surface area contributed by atoms with Crippen molar-refractivity contribution in [2.75, 3.05) is 32.8 Å². The smallest absolute Gasteiger partial charge is 0.240 e. The van der Waals surface area contributed by atoms with E-state index >= 15 is 0 Å². The van der Waals surface area contributed by atoms with Gasteiger partial charge in [-0.1, -0.05) is 6.42 Å². The predicted molar refractivity (Wildman–Crippen MR) is 101 cm³/mol. The first-order valence-corrected chi connectivity index (χ1v) is 10.9. The van der Waals surface area contributed by atoms with Gasteiger partial charge in [0, 0.05) is 31.6 Å². The highest BCUT2D eigenvalue weighted by Crippen LogP contribution is 2.32. The standard InChI is InChI=1S/C18H27N3O5S/c22-18(21-14-7-9-19-13-14)4-2-1-3-8-20-27(23,24)15-5-6-16-17(12-15)26-11-10-25-16/h5-6,12,14,19-20H,1-4,7-11,13H2,(H,21,22). The van der Waals surface area contributed by atoms with Crippen LogP contribution in [-0.2, 0) is 14.8 Å². The Morgan fingerprint density at radius 1 is 1.15 bits per heavy atom. The zero-order valence-corrected chi connectivity index (χ0v) is 16.1. The van der Waals surface area contributed by atoms with Crippen LogP contribution in [0.5, 0.6) is 11.5 Å². The molecule has 0 radical (unpaired) electrons. The molecule has 0 aliphatic carbocycles. The second-order valence-electron chi connectivity index (χ2n) is 6.77. The molecule has 2 aliphatic heterocycles. The van der Waals surface area contributed by atoms with Crippen molar-refractivity contribution < 1.29 is 22.7 Å². The Morgan fingerprint density at radius 2 is 1.96 bits per heavy atom. The Hall–Kier alpha value is -1.84. The number of hydrogen-bond donors (Lipinski definition) is 3. The summed E-state index contributed by atoms with van der Waals surface area (Å²) < 4.78 is 38.2. The van der Waals surface area contributed by atoms with Gasteiger partial charge in [0.15, 0.2) is 11.5 Å². The number of rotatable bonds is 9. The first-order chi connectivity index (χ1) is 13.0. The molecule has 1 fully saturated rings. The highest BCUT2D eigenvalue weighted by atomic mass is 32.2. The Bertz CT molecular complexity index is 747. The maximum atomic E-state index is 12.4. The third-order valence-electron chi connectivity index (χ3n) is 4.62. The normalized spacial score (nSPS) is 19.0. The van der Waals surface area contributed by atoms with Gasteiger partial charge in [0.25, 0.3) is 0 Å². The molecular formula is C18H27N3O5S. The number of fused-ring (bicyclic) bond motifs is 1. The van der Waals surface area contributed by atoms with Crippen LogP contribution in [0, 0.1) is 0 Å². The van der Waals surface area contributed by atoms with Crippen LogP contribution in [0.15, 0.2) is 23.1 Å². The molecule has 27 heavy (non-hydrogen) atoms. The lowest BCUT2D eigenvalue weighted by Gasteiger charge is -2.18. The molecule has 0 saturated carbocycles. The van der Waals surface area contributed by atoms with E-state index in [-0.39, 0.29) is 16.8 Å². The van der Waals surface area contributed by atoms with Gasteiger partial charge in [-0.15, -0.1) is 0 Å². The highest BCUT2D eigenvalue weighted by Gasteiger charge is 2.19. The first kappa shape index (κ1) is 19.9. The number of nitrogens with one attached hydrogen (secondary N) is 3. The van der Waals surface area contributed by atoms with E-state index in [9.17, 15) is 13.2 Å². The summed E-state index contributed by atoms with van der Waals surface area (Å²) in [6, 6.07) is 4.86. The number of ether oxygens (including phenoxy) is 2. The largest absolute Gasteiger partial charge is 0.486 e. The molecule has 1 atom stereocenters. The van der Waals surface area contributed by atoms with Crippen molar-refractivity contribution in [1.82, 2.24) is 15.4 Å². The molecule has 3 rings (SSSR count). The third kappa shape index (κ3) is 5.82. The van der Waals surface area contributed by atoms with Crippen LogP contribution >= 0.6 is 0 Å². The molecule has 2 aliphatic rings. The molecule has 3 N–H and O–H groups in total. The lowest BCUT2D eigenvalue weighted by molar-refractivity contribution is -0.121. The second-order valence-corrected chi connectivity index (χ2v) is 8.54. The third-order valence-corrected chi connectivity index (χ3v) is 6.08. The highest BCUT2D eigenvalue weighted by molar-refractivity contribution is 7.89. The Labute approximate surface area is 160 Å². The Morgan fingerprint density at radius 3 is 2.74 bits per heavy atom. The molecular weight excluding hydrogens is 370 g/mol. The summed E-state index contributed by atoms with van der Waals surface area (Å²) in [6.45, 7) is 3.01. The number of carbonyl (C=O) groups is 1. The number of sulfonamides is 1. The molecule has 8 nitrogen and oxygen atoms in total. The lowest BCUT2D eigenvalue weighted by Crippen LogP contribution is -2.36. The minimum Gasteiger partial charge on any atom is -0.486 e. The summed E-state index contributed by atoms with van der Waals surface area (Å²) in [5.74, 6) is 1.08. The summed E-state index contributed by atoms with van der Waals surface area (Å²) >= 11 is 0. The van der Waals surface area contributed by atoms with E-state index in [2.05, 4.69) is 15.4 Å². The van der Waals surface area contributed by atoms with Crippen molar-refractivity contribution in [2.45, 2.75) is 43.0 Å². The van der Waals surface area contributed by atoms with Gasteiger partial charge < -0.3 is 20.1 Å². The van der Waals surface area contributed by atoms with E-state index in [1.165, 1.54) is 12.1 Å². The van der Waals surface area contributed by atoms with E-state index in [0.717, 1.165) is 32.4 Å². The van der Waals surface area contributed by atoms with E-state index in [1.807, 2.05) is 0 Å². The van der Waals surface area contributed by atoms with Gasteiger partial charge >= 0.3 is 0 Å². The van der Waals surface area contributed by atoms with Crippen molar-refractivity contribution in [2.24, 2.45) is 0 Å². The molecule has 0 bridgehead atoms. The van der Waals surface area contributed by atoms with Crippen LogP contribution in [0.25, 0.3) is 0 Å². The molecule has 2 heterocycles. The maximum Gasteiger partial charge on any atom is 0.240 e. The SMILES string of the molecule is O=C(CCCCCNS(=O)(=O)c1ccc2c(c1)OCCO2)NC1CCNC1. The fraction of sp³-hybridized carbons (Fsp3) is 0.611. The van der Waals surface area contributed by atoms with Gasteiger partial charge in [0.1, 0.15) is 13.2 Å². The van der Waals surface area contributed by atoms with Crippen molar-refractivity contribution in [1.29, 1.82) is 0 Å². The zero-order valence-electron chi connectivity index (χ0n) is 15.3. The monoisotopic (exact) mass is 397 g/mol. The van der Waals surface area contributed by atoms with E-state index in [4.69, 9.17) is 9.47 Å². The van der Waals surface area contributed by atoms with Gasteiger partial charge in [-0.05, 0) is 37.9 Å². The van der Waals surface area contributed by atoms with Crippen LogP contribution in [0.3, 0.4) is 0 Å². The van der Waals surface area contributed by atoms with Gasteiger partial charge in [0.05, 0.1) is 4.90 Å². The van der Waals surface area contributed by atoms with Gasteiger partial charge in [-0.3, -0.25) is 4.79 Å². The molecule has 1 saturated heterocycles. The predicted octanol–water partition coefficient (Wildman–Crippen LogP) is 0.775. The van der Waals surface area contributed by atoms with Crippen LogP contribution in [0.1, 0.15) is 32.1 Å². The van der Waals surface area contributed by atoms with Gasteiger partial charge in [0.2, 0.25) is 15.9 Å². The molecule has 0 aromatic heterocycles. The quantitative estimate of drug-likeness (QED) is 0.532.